The summed E-state index contributed by atoms with van der Waals surface area (Å²) in [5, 5.41) is 13.5. The lowest BCUT2D eigenvalue weighted by Crippen LogP contribution is -2.60. The van der Waals surface area contributed by atoms with Crippen LogP contribution >= 0.6 is 11.8 Å². The molecule has 0 radical (unpaired) electrons. The van der Waals surface area contributed by atoms with E-state index in [0.29, 0.717) is 35.3 Å². The Kier molecular flexibility index (Phi) is 11.0. The zero-order valence-corrected chi connectivity index (χ0v) is 27.0. The van der Waals surface area contributed by atoms with E-state index >= 15 is 0 Å². The molecule has 1 aliphatic carbocycles. The summed E-state index contributed by atoms with van der Waals surface area (Å²) >= 11 is 1.69. The van der Waals surface area contributed by atoms with Crippen LogP contribution in [0.1, 0.15) is 68.8 Å². The van der Waals surface area contributed by atoms with Gasteiger partial charge in [0.1, 0.15) is 5.75 Å². The third kappa shape index (κ3) is 8.08. The van der Waals surface area contributed by atoms with E-state index in [1.807, 2.05) is 46.0 Å². The van der Waals surface area contributed by atoms with Crippen LogP contribution in [0.2, 0.25) is 0 Å². The molecule has 5 atom stereocenters. The molecule has 4 rings (SSSR count). The number of thioether (sulfide) groups is 1. The fourth-order valence-electron chi connectivity index (χ4n) is 6.57. The summed E-state index contributed by atoms with van der Waals surface area (Å²) in [7, 11) is 3.53. The van der Waals surface area contributed by atoms with E-state index in [4.69, 9.17) is 4.74 Å². The molecule has 0 bridgehead atoms. The smallest absolute Gasteiger partial charge is 0.254 e. The topological polar surface area (TPSA) is 82.1 Å². The molecule has 2 fully saturated rings. The van der Waals surface area contributed by atoms with E-state index in [-0.39, 0.29) is 41.3 Å². The molecular weight excluding hydrogens is 546 g/mol. The number of nitrogens with one attached hydrogen (secondary N) is 1. The first-order valence-electron chi connectivity index (χ1n) is 15.3. The Morgan fingerprint density at radius 1 is 1.10 bits per heavy atom. The molecule has 0 unspecified atom stereocenters. The first-order valence-corrected chi connectivity index (χ1v) is 16.3. The van der Waals surface area contributed by atoms with Gasteiger partial charge in [-0.1, -0.05) is 43.5 Å². The van der Waals surface area contributed by atoms with Crippen molar-refractivity contribution < 1.29 is 19.4 Å². The number of rotatable bonds is 10. The lowest BCUT2D eigenvalue weighted by atomic mass is 9.72. The van der Waals surface area contributed by atoms with Gasteiger partial charge in [0.15, 0.2) is 0 Å². The molecule has 0 spiro atoms. The number of aromatic hydroxyl groups is 1. The highest BCUT2D eigenvalue weighted by atomic mass is 32.2. The SMILES string of the molecule is CO[C@H](CN1C[C@H]2CCCC[C@H]2C[C@H]1C(=O)NC(C)(C)C)[C@H](CSc1ccccc1)N(C)C(=O)c1cccc(O)c1C. The van der Waals surface area contributed by atoms with Crippen molar-refractivity contribution in [1.82, 2.24) is 15.1 Å². The number of methoxy groups -OCH3 is 1. The van der Waals surface area contributed by atoms with Crippen LogP contribution in [-0.2, 0) is 9.53 Å². The van der Waals surface area contributed by atoms with Crippen molar-refractivity contribution in [2.75, 3.05) is 33.0 Å². The van der Waals surface area contributed by atoms with Gasteiger partial charge in [0.25, 0.3) is 5.91 Å². The van der Waals surface area contributed by atoms with Gasteiger partial charge in [-0.3, -0.25) is 14.5 Å². The first-order chi connectivity index (χ1) is 20.0. The fourth-order valence-corrected chi connectivity index (χ4v) is 7.73. The lowest BCUT2D eigenvalue weighted by Gasteiger charge is -2.47. The van der Waals surface area contributed by atoms with E-state index in [9.17, 15) is 14.7 Å². The number of nitrogens with zero attached hydrogens (tertiary/aromatic N) is 2. The predicted octanol–water partition coefficient (Wildman–Crippen LogP) is 5.74. The normalized spacial score (nSPS) is 22.6. The molecule has 42 heavy (non-hydrogen) atoms. The highest BCUT2D eigenvalue weighted by Crippen LogP contribution is 2.39. The zero-order valence-electron chi connectivity index (χ0n) is 26.1. The van der Waals surface area contributed by atoms with Crippen LogP contribution in [-0.4, -0.2) is 83.4 Å². The predicted molar refractivity (Wildman–Crippen MR) is 170 cm³/mol. The number of likely N-dealkylation sites (tertiary alicyclic amines) is 1. The van der Waals surface area contributed by atoms with Gasteiger partial charge in [-0.15, -0.1) is 11.8 Å². The van der Waals surface area contributed by atoms with Crippen LogP contribution < -0.4 is 5.32 Å². The van der Waals surface area contributed by atoms with Gasteiger partial charge in [0, 0.05) is 54.6 Å². The molecule has 2 aromatic rings. The molecule has 2 aliphatic rings. The molecule has 1 saturated heterocycles. The Balaban J connectivity index is 1.62. The molecular formula is C34H49N3O4S. The summed E-state index contributed by atoms with van der Waals surface area (Å²) in [6, 6.07) is 14.8. The number of carbonyl (C=O) groups is 2. The minimum atomic E-state index is -0.321. The van der Waals surface area contributed by atoms with Gasteiger partial charge in [0.2, 0.25) is 5.91 Å². The van der Waals surface area contributed by atoms with Gasteiger partial charge in [-0.2, -0.15) is 0 Å². The third-order valence-corrected chi connectivity index (χ3v) is 10.1. The Morgan fingerprint density at radius 2 is 1.79 bits per heavy atom. The summed E-state index contributed by atoms with van der Waals surface area (Å²) in [6.07, 6.45) is 5.44. The second-order valence-electron chi connectivity index (χ2n) is 13.1. The Bertz CT molecular complexity index is 1200. The molecule has 8 heteroatoms. The van der Waals surface area contributed by atoms with Crippen molar-refractivity contribution in [3.05, 3.63) is 59.7 Å². The number of piperidine rings is 1. The minimum Gasteiger partial charge on any atom is -0.508 e. The fraction of sp³-hybridized carbons (Fsp3) is 0.588. The zero-order chi connectivity index (χ0) is 30.4. The van der Waals surface area contributed by atoms with Gasteiger partial charge < -0.3 is 20.1 Å². The maximum absolute atomic E-state index is 13.9. The largest absolute Gasteiger partial charge is 0.508 e. The quantitative estimate of drug-likeness (QED) is 0.341. The van der Waals surface area contributed by atoms with Crippen molar-refractivity contribution in [3.8, 4) is 5.75 Å². The van der Waals surface area contributed by atoms with Crippen LogP contribution in [0.25, 0.3) is 0 Å². The second kappa shape index (κ2) is 14.3. The highest BCUT2D eigenvalue weighted by Gasteiger charge is 2.42. The Morgan fingerprint density at radius 3 is 2.45 bits per heavy atom. The number of carbonyl (C=O) groups excluding carboxylic acids is 2. The van der Waals surface area contributed by atoms with Gasteiger partial charge in [0.05, 0.1) is 18.2 Å². The number of fused-ring (bicyclic) bond motifs is 1. The van der Waals surface area contributed by atoms with Gasteiger partial charge in [-0.25, -0.2) is 0 Å². The third-order valence-electron chi connectivity index (χ3n) is 8.97. The number of likely N-dealkylation sites (N-methyl/N-ethyl adjacent to an activating group) is 1. The first kappa shape index (κ1) is 32.4. The van der Waals surface area contributed by atoms with Crippen molar-refractivity contribution in [2.45, 2.75) is 88.4 Å². The maximum Gasteiger partial charge on any atom is 0.254 e. The van der Waals surface area contributed by atoms with E-state index in [1.54, 1.807) is 48.9 Å². The van der Waals surface area contributed by atoms with Gasteiger partial charge in [-0.05, 0) is 76.6 Å². The van der Waals surface area contributed by atoms with E-state index in [1.165, 1.54) is 25.7 Å². The molecule has 230 valence electrons. The maximum atomic E-state index is 13.9. The molecule has 7 nitrogen and oxygen atoms in total. The number of ether oxygens (including phenoxy) is 1. The van der Waals surface area contributed by atoms with Crippen molar-refractivity contribution >= 4 is 23.6 Å². The van der Waals surface area contributed by atoms with Crippen molar-refractivity contribution in [3.63, 3.8) is 0 Å². The number of hydrogen-bond acceptors (Lipinski definition) is 6. The van der Waals surface area contributed by atoms with Crippen molar-refractivity contribution in [2.24, 2.45) is 11.8 Å². The summed E-state index contributed by atoms with van der Waals surface area (Å²) in [6.45, 7) is 9.28. The van der Waals surface area contributed by atoms with E-state index < -0.39 is 0 Å². The number of benzene rings is 2. The Labute approximate surface area is 256 Å². The summed E-state index contributed by atoms with van der Waals surface area (Å²) in [4.78, 5) is 32.8. The number of hydrogen-bond donors (Lipinski definition) is 2. The van der Waals surface area contributed by atoms with Crippen LogP contribution in [0.15, 0.2) is 53.4 Å². The van der Waals surface area contributed by atoms with Crippen LogP contribution in [0.4, 0.5) is 0 Å². The van der Waals surface area contributed by atoms with Crippen LogP contribution in [0, 0.1) is 18.8 Å². The minimum absolute atomic E-state index is 0.0800. The molecule has 1 aliphatic heterocycles. The summed E-state index contributed by atoms with van der Waals surface area (Å²) in [5.41, 5.74) is 0.733. The van der Waals surface area contributed by atoms with Gasteiger partial charge >= 0.3 is 0 Å². The number of phenols is 1. The molecule has 0 aromatic heterocycles. The average molecular weight is 596 g/mol. The van der Waals surface area contributed by atoms with E-state index in [0.717, 1.165) is 17.9 Å². The highest BCUT2D eigenvalue weighted by molar-refractivity contribution is 7.99. The second-order valence-corrected chi connectivity index (χ2v) is 14.2. The van der Waals surface area contributed by atoms with E-state index in [2.05, 4.69) is 22.3 Å². The Hall–Kier alpha value is -2.55. The monoisotopic (exact) mass is 595 g/mol. The van der Waals surface area contributed by atoms with Crippen LogP contribution in [0.5, 0.6) is 5.75 Å². The number of amides is 2. The van der Waals surface area contributed by atoms with Crippen LogP contribution in [0.3, 0.4) is 0 Å². The molecule has 2 amide bonds. The number of phenolic OH excluding ortho intramolecular Hbond substituents is 1. The summed E-state index contributed by atoms with van der Waals surface area (Å²) < 4.78 is 6.20. The standard InChI is InChI=1S/C34H49N3O4S/c1-23-27(17-12-18-30(23)38)33(40)36(5)29(22-42-26-15-8-7-9-16-26)31(41-6)21-37-20-25-14-11-10-13-24(25)19-28(37)32(39)35-34(2,3)4/h7-9,12,15-18,24-25,28-29,31,38H,10-11,13-14,19-22H2,1-6H3,(H,35,39)/t24-,25+,28-,29-,31+/m0/s1. The molecule has 2 N–H and O–H groups in total. The molecule has 1 saturated carbocycles. The lowest BCUT2D eigenvalue weighted by molar-refractivity contribution is -0.133. The summed E-state index contributed by atoms with van der Waals surface area (Å²) in [5.74, 6) is 1.82. The van der Waals surface area contributed by atoms with Crippen molar-refractivity contribution in [1.29, 1.82) is 0 Å². The molecule has 2 aromatic carbocycles. The molecule has 1 heterocycles. The average Bonchev–Trinajstić information content (AvgIpc) is 2.96.